The smallest absolute Gasteiger partial charge is 0.265 e. The largest absolute Gasteiger partial charge is 0.326 e. The minimum atomic E-state index is -0.193. The maximum Gasteiger partial charge on any atom is 0.265 e. The summed E-state index contributed by atoms with van der Waals surface area (Å²) in [6.07, 6.45) is 0. The number of fused-ring (bicyclic) bond motifs is 1. The Hall–Kier alpha value is -3.16. The van der Waals surface area contributed by atoms with Crippen molar-refractivity contribution in [3.63, 3.8) is 0 Å². The molecule has 0 unspecified atom stereocenters. The van der Waals surface area contributed by atoms with Crippen LogP contribution in [0.5, 0.6) is 0 Å². The maximum atomic E-state index is 13.0. The summed E-state index contributed by atoms with van der Waals surface area (Å²) in [4.78, 5) is 25.9. The van der Waals surface area contributed by atoms with Crippen molar-refractivity contribution in [1.82, 2.24) is 9.78 Å². The Morgan fingerprint density at radius 3 is 2.42 bits per heavy atom. The van der Waals surface area contributed by atoms with Crippen molar-refractivity contribution in [1.29, 1.82) is 0 Å². The second-order valence-electron chi connectivity index (χ2n) is 7.31. The Morgan fingerprint density at radius 1 is 1.06 bits per heavy atom. The molecule has 0 bridgehead atoms. The molecule has 31 heavy (non-hydrogen) atoms. The van der Waals surface area contributed by atoms with Gasteiger partial charge in [-0.25, -0.2) is 0 Å². The summed E-state index contributed by atoms with van der Waals surface area (Å²) < 4.78 is 1.91. The monoisotopic (exact) mass is 452 g/mol. The number of nitrogens with one attached hydrogen (secondary N) is 2. The number of aromatic nitrogens is 2. The molecule has 0 aliphatic rings. The summed E-state index contributed by atoms with van der Waals surface area (Å²) in [7, 11) is 0. The predicted octanol–water partition coefficient (Wildman–Crippen LogP) is 5.63. The van der Waals surface area contributed by atoms with Gasteiger partial charge in [0, 0.05) is 28.7 Å². The molecule has 0 saturated heterocycles. The van der Waals surface area contributed by atoms with Gasteiger partial charge in [0.05, 0.1) is 17.1 Å². The molecular formula is C23H21ClN4O2S. The average Bonchev–Trinajstić information content (AvgIpc) is 3.28. The number of benzene rings is 2. The third-order valence-corrected chi connectivity index (χ3v) is 6.37. The van der Waals surface area contributed by atoms with Gasteiger partial charge in [-0.3, -0.25) is 14.3 Å². The second kappa shape index (κ2) is 8.53. The number of anilines is 2. The first-order valence-corrected chi connectivity index (χ1v) is 10.9. The number of thiophene rings is 1. The van der Waals surface area contributed by atoms with E-state index in [-0.39, 0.29) is 11.8 Å². The lowest BCUT2D eigenvalue weighted by Crippen LogP contribution is -2.13. The Balaban J connectivity index is 1.60. The molecule has 2 heterocycles. The summed E-state index contributed by atoms with van der Waals surface area (Å²) in [5.41, 5.74) is 4.10. The summed E-state index contributed by atoms with van der Waals surface area (Å²) >= 11 is 7.39. The van der Waals surface area contributed by atoms with E-state index in [9.17, 15) is 9.59 Å². The molecule has 2 aromatic heterocycles. The average molecular weight is 453 g/mol. The standard InChI is InChI=1S/C23H21ClN4O2S/c1-13-19(25-15(3)29)5-4-6-20(13)26-22(30)21-11-18-14(2)27-28(23(18)31-21)12-16-7-9-17(24)10-8-16/h4-11H,12H2,1-3H3,(H,25,29)(H,26,30). The van der Waals surface area contributed by atoms with Crippen LogP contribution in [0.3, 0.4) is 0 Å². The van der Waals surface area contributed by atoms with Gasteiger partial charge in [-0.1, -0.05) is 29.8 Å². The summed E-state index contributed by atoms with van der Waals surface area (Å²) in [5.74, 6) is -0.349. The topological polar surface area (TPSA) is 76.0 Å². The molecule has 0 aliphatic carbocycles. The number of amides is 2. The van der Waals surface area contributed by atoms with Gasteiger partial charge in [-0.2, -0.15) is 5.10 Å². The Kier molecular flexibility index (Phi) is 5.80. The van der Waals surface area contributed by atoms with Crippen molar-refractivity contribution in [2.45, 2.75) is 27.3 Å². The van der Waals surface area contributed by atoms with E-state index in [2.05, 4.69) is 15.7 Å². The van der Waals surface area contributed by atoms with Crippen molar-refractivity contribution in [2.24, 2.45) is 0 Å². The zero-order valence-electron chi connectivity index (χ0n) is 17.3. The lowest BCUT2D eigenvalue weighted by molar-refractivity contribution is -0.114. The van der Waals surface area contributed by atoms with Gasteiger partial charge in [0.25, 0.3) is 5.91 Å². The third-order valence-electron chi connectivity index (χ3n) is 4.97. The summed E-state index contributed by atoms with van der Waals surface area (Å²) in [5, 5.41) is 12.0. The molecule has 0 spiro atoms. The van der Waals surface area contributed by atoms with Crippen molar-refractivity contribution >= 4 is 56.3 Å². The molecule has 2 N–H and O–H groups in total. The Labute approximate surface area is 188 Å². The molecular weight excluding hydrogens is 432 g/mol. The molecule has 0 radical (unpaired) electrons. The van der Waals surface area contributed by atoms with Gasteiger partial charge < -0.3 is 10.6 Å². The fraction of sp³-hybridized carbons (Fsp3) is 0.174. The van der Waals surface area contributed by atoms with Crippen LogP contribution in [-0.4, -0.2) is 21.6 Å². The number of rotatable bonds is 5. The van der Waals surface area contributed by atoms with Crippen LogP contribution in [0.25, 0.3) is 10.2 Å². The maximum absolute atomic E-state index is 13.0. The summed E-state index contributed by atoms with van der Waals surface area (Å²) in [6.45, 7) is 5.86. The lowest BCUT2D eigenvalue weighted by atomic mass is 10.1. The lowest BCUT2D eigenvalue weighted by Gasteiger charge is -2.12. The van der Waals surface area contributed by atoms with Crippen LogP contribution in [-0.2, 0) is 11.3 Å². The fourth-order valence-corrected chi connectivity index (χ4v) is 4.56. The highest BCUT2D eigenvalue weighted by Crippen LogP contribution is 2.30. The van der Waals surface area contributed by atoms with E-state index in [0.717, 1.165) is 27.0 Å². The highest BCUT2D eigenvalue weighted by atomic mass is 35.5. The van der Waals surface area contributed by atoms with Crippen LogP contribution in [0.4, 0.5) is 11.4 Å². The highest BCUT2D eigenvalue weighted by Gasteiger charge is 2.18. The number of nitrogens with zero attached hydrogens (tertiary/aromatic N) is 2. The van der Waals surface area contributed by atoms with E-state index in [1.807, 2.05) is 54.9 Å². The Morgan fingerprint density at radius 2 is 1.74 bits per heavy atom. The molecule has 0 aliphatic heterocycles. The van der Waals surface area contributed by atoms with Crippen LogP contribution < -0.4 is 10.6 Å². The van der Waals surface area contributed by atoms with E-state index in [0.29, 0.717) is 27.8 Å². The van der Waals surface area contributed by atoms with Crippen LogP contribution >= 0.6 is 22.9 Å². The van der Waals surface area contributed by atoms with Crippen LogP contribution in [0.2, 0.25) is 5.02 Å². The highest BCUT2D eigenvalue weighted by molar-refractivity contribution is 7.20. The first-order chi connectivity index (χ1) is 14.8. The van der Waals surface area contributed by atoms with Gasteiger partial charge in [0.1, 0.15) is 4.83 Å². The molecule has 0 atom stereocenters. The number of hydrogen-bond donors (Lipinski definition) is 2. The fourth-order valence-electron chi connectivity index (χ4n) is 3.37. The van der Waals surface area contributed by atoms with Crippen molar-refractivity contribution in [3.05, 3.63) is 75.3 Å². The SMILES string of the molecule is CC(=O)Nc1cccc(NC(=O)c2cc3c(C)nn(Cc4ccc(Cl)cc4)c3s2)c1C. The first kappa shape index (κ1) is 21.1. The number of hydrogen-bond acceptors (Lipinski definition) is 4. The first-order valence-electron chi connectivity index (χ1n) is 9.72. The quantitative estimate of drug-likeness (QED) is 0.412. The molecule has 4 rings (SSSR count). The molecule has 158 valence electrons. The number of aryl methyl sites for hydroxylation is 1. The van der Waals surface area contributed by atoms with Crippen LogP contribution in [0.15, 0.2) is 48.5 Å². The normalized spacial score (nSPS) is 11.0. The second-order valence-corrected chi connectivity index (χ2v) is 8.78. The van der Waals surface area contributed by atoms with Gasteiger partial charge in [0.15, 0.2) is 0 Å². The summed E-state index contributed by atoms with van der Waals surface area (Å²) in [6, 6.07) is 15.0. The van der Waals surface area contributed by atoms with E-state index in [1.54, 1.807) is 12.1 Å². The van der Waals surface area contributed by atoms with Crippen molar-refractivity contribution < 1.29 is 9.59 Å². The van der Waals surface area contributed by atoms with E-state index >= 15 is 0 Å². The van der Waals surface area contributed by atoms with Gasteiger partial charge in [-0.05, 0) is 55.3 Å². The number of halogens is 1. The van der Waals surface area contributed by atoms with Gasteiger partial charge >= 0.3 is 0 Å². The number of carbonyl (C=O) groups is 2. The molecule has 2 amide bonds. The molecule has 0 fully saturated rings. The van der Waals surface area contributed by atoms with Crippen LogP contribution in [0, 0.1) is 13.8 Å². The predicted molar refractivity (Wildman–Crippen MR) is 126 cm³/mol. The minimum absolute atomic E-state index is 0.156. The van der Waals surface area contributed by atoms with Gasteiger partial charge in [0.2, 0.25) is 5.91 Å². The van der Waals surface area contributed by atoms with E-state index in [1.165, 1.54) is 18.3 Å². The van der Waals surface area contributed by atoms with Crippen molar-refractivity contribution in [2.75, 3.05) is 10.6 Å². The van der Waals surface area contributed by atoms with Crippen LogP contribution in [0.1, 0.15) is 33.4 Å². The van der Waals surface area contributed by atoms with Gasteiger partial charge in [-0.15, -0.1) is 11.3 Å². The molecule has 2 aromatic carbocycles. The molecule has 8 heteroatoms. The Bertz CT molecular complexity index is 1290. The zero-order valence-corrected chi connectivity index (χ0v) is 18.9. The third kappa shape index (κ3) is 4.47. The van der Waals surface area contributed by atoms with Crippen molar-refractivity contribution in [3.8, 4) is 0 Å². The molecule has 6 nitrogen and oxygen atoms in total. The van der Waals surface area contributed by atoms with E-state index < -0.39 is 0 Å². The zero-order chi connectivity index (χ0) is 22.1. The molecule has 4 aromatic rings. The number of carbonyl (C=O) groups excluding carboxylic acids is 2. The van der Waals surface area contributed by atoms with E-state index in [4.69, 9.17) is 11.6 Å². The minimum Gasteiger partial charge on any atom is -0.326 e. The molecule has 0 saturated carbocycles.